The molecule has 1 N–H and O–H groups in total. The van der Waals surface area contributed by atoms with Crippen molar-refractivity contribution >= 4 is 5.82 Å². The SMILES string of the molecule is CCNc1cc(C)nc(COCc2ccc(OC)cc2)n1. The van der Waals surface area contributed by atoms with Gasteiger partial charge >= 0.3 is 0 Å². The Morgan fingerprint density at radius 2 is 1.86 bits per heavy atom. The number of methoxy groups -OCH3 is 1. The molecule has 0 amide bonds. The average Bonchev–Trinajstić information content (AvgIpc) is 2.48. The summed E-state index contributed by atoms with van der Waals surface area (Å²) in [5.41, 5.74) is 2.03. The molecule has 1 aromatic carbocycles. The minimum Gasteiger partial charge on any atom is -0.497 e. The number of hydrogen-bond donors (Lipinski definition) is 1. The second-order valence-corrected chi connectivity index (χ2v) is 4.68. The van der Waals surface area contributed by atoms with Crippen LogP contribution in [0.1, 0.15) is 24.0 Å². The van der Waals surface area contributed by atoms with Crippen LogP contribution >= 0.6 is 0 Å². The van der Waals surface area contributed by atoms with Crippen LogP contribution in [-0.4, -0.2) is 23.6 Å². The van der Waals surface area contributed by atoms with E-state index in [1.54, 1.807) is 7.11 Å². The minimum absolute atomic E-state index is 0.395. The van der Waals surface area contributed by atoms with Gasteiger partial charge in [0.15, 0.2) is 5.82 Å². The Labute approximate surface area is 125 Å². The summed E-state index contributed by atoms with van der Waals surface area (Å²) in [5, 5.41) is 3.19. The lowest BCUT2D eigenvalue weighted by molar-refractivity contribution is 0.102. The predicted octanol–water partition coefficient (Wildman–Crippen LogP) is 2.94. The van der Waals surface area contributed by atoms with Gasteiger partial charge in [-0.1, -0.05) is 12.1 Å². The largest absolute Gasteiger partial charge is 0.497 e. The summed E-state index contributed by atoms with van der Waals surface area (Å²) in [4.78, 5) is 8.79. The van der Waals surface area contributed by atoms with Gasteiger partial charge in [0.25, 0.3) is 0 Å². The topological polar surface area (TPSA) is 56.3 Å². The lowest BCUT2D eigenvalue weighted by Gasteiger charge is -2.08. The highest BCUT2D eigenvalue weighted by molar-refractivity contribution is 5.35. The number of nitrogens with zero attached hydrogens (tertiary/aromatic N) is 2. The molecular weight excluding hydrogens is 266 g/mol. The summed E-state index contributed by atoms with van der Waals surface area (Å²) in [6, 6.07) is 9.74. The van der Waals surface area contributed by atoms with Crippen molar-refractivity contribution in [2.75, 3.05) is 19.0 Å². The molecule has 0 saturated carbocycles. The summed E-state index contributed by atoms with van der Waals surface area (Å²) in [5.74, 6) is 2.38. The van der Waals surface area contributed by atoms with Gasteiger partial charge in [-0.3, -0.25) is 0 Å². The lowest BCUT2D eigenvalue weighted by atomic mass is 10.2. The molecule has 0 saturated heterocycles. The maximum atomic E-state index is 5.67. The third-order valence-electron chi connectivity index (χ3n) is 2.92. The van der Waals surface area contributed by atoms with Gasteiger partial charge in [-0.2, -0.15) is 0 Å². The molecule has 0 atom stereocenters. The monoisotopic (exact) mass is 287 g/mol. The molecule has 2 aromatic rings. The van der Waals surface area contributed by atoms with Crippen LogP contribution in [0.3, 0.4) is 0 Å². The maximum Gasteiger partial charge on any atom is 0.156 e. The van der Waals surface area contributed by atoms with E-state index in [2.05, 4.69) is 15.3 Å². The van der Waals surface area contributed by atoms with E-state index in [-0.39, 0.29) is 0 Å². The fraction of sp³-hybridized carbons (Fsp3) is 0.375. The van der Waals surface area contributed by atoms with E-state index in [0.717, 1.165) is 29.4 Å². The average molecular weight is 287 g/mol. The van der Waals surface area contributed by atoms with Crippen molar-refractivity contribution < 1.29 is 9.47 Å². The Balaban J connectivity index is 1.90. The first-order chi connectivity index (χ1) is 10.2. The van der Waals surface area contributed by atoms with Gasteiger partial charge in [0.2, 0.25) is 0 Å². The van der Waals surface area contributed by atoms with Crippen LogP contribution in [0.25, 0.3) is 0 Å². The van der Waals surface area contributed by atoms with Crippen molar-refractivity contribution in [3.05, 3.63) is 47.4 Å². The maximum absolute atomic E-state index is 5.67. The summed E-state index contributed by atoms with van der Waals surface area (Å²) in [6.45, 7) is 5.75. The molecule has 5 nitrogen and oxygen atoms in total. The first kappa shape index (κ1) is 15.3. The fourth-order valence-corrected chi connectivity index (χ4v) is 1.95. The van der Waals surface area contributed by atoms with Gasteiger partial charge in [0.1, 0.15) is 18.2 Å². The normalized spacial score (nSPS) is 10.4. The smallest absolute Gasteiger partial charge is 0.156 e. The zero-order valence-electron chi connectivity index (χ0n) is 12.7. The highest BCUT2D eigenvalue weighted by atomic mass is 16.5. The Morgan fingerprint density at radius 1 is 1.10 bits per heavy atom. The summed E-state index contributed by atoms with van der Waals surface area (Å²) >= 11 is 0. The van der Waals surface area contributed by atoms with E-state index >= 15 is 0 Å². The van der Waals surface area contributed by atoms with Crippen molar-refractivity contribution in [1.29, 1.82) is 0 Å². The number of anilines is 1. The van der Waals surface area contributed by atoms with Gasteiger partial charge in [0.05, 0.1) is 13.7 Å². The van der Waals surface area contributed by atoms with Crippen LogP contribution in [0.15, 0.2) is 30.3 Å². The van der Waals surface area contributed by atoms with Crippen LogP contribution in [-0.2, 0) is 18.0 Å². The lowest BCUT2D eigenvalue weighted by Crippen LogP contribution is -2.06. The molecule has 0 fully saturated rings. The zero-order valence-corrected chi connectivity index (χ0v) is 12.7. The highest BCUT2D eigenvalue weighted by Gasteiger charge is 2.02. The summed E-state index contributed by atoms with van der Waals surface area (Å²) in [6.07, 6.45) is 0. The number of benzene rings is 1. The van der Waals surface area contributed by atoms with Crippen LogP contribution in [0.2, 0.25) is 0 Å². The van der Waals surface area contributed by atoms with Crippen molar-refractivity contribution in [3.63, 3.8) is 0 Å². The number of nitrogens with one attached hydrogen (secondary N) is 1. The summed E-state index contributed by atoms with van der Waals surface area (Å²) < 4.78 is 10.8. The molecule has 0 bridgehead atoms. The molecule has 0 aliphatic heterocycles. The molecule has 1 heterocycles. The first-order valence-electron chi connectivity index (χ1n) is 7.00. The van der Waals surface area contributed by atoms with E-state index in [9.17, 15) is 0 Å². The number of rotatable bonds is 7. The zero-order chi connectivity index (χ0) is 15.1. The summed E-state index contributed by atoms with van der Waals surface area (Å²) in [7, 11) is 1.66. The van der Waals surface area contributed by atoms with Crippen molar-refractivity contribution in [2.24, 2.45) is 0 Å². The Morgan fingerprint density at radius 3 is 2.52 bits per heavy atom. The quantitative estimate of drug-likeness (QED) is 0.848. The molecule has 21 heavy (non-hydrogen) atoms. The third kappa shape index (κ3) is 4.72. The molecule has 0 aliphatic carbocycles. The second kappa shape index (κ2) is 7.59. The van der Waals surface area contributed by atoms with Gasteiger partial charge < -0.3 is 14.8 Å². The van der Waals surface area contributed by atoms with Crippen LogP contribution < -0.4 is 10.1 Å². The molecule has 0 spiro atoms. The third-order valence-corrected chi connectivity index (χ3v) is 2.92. The first-order valence-corrected chi connectivity index (χ1v) is 7.00. The van der Waals surface area contributed by atoms with E-state index in [1.165, 1.54) is 0 Å². The van der Waals surface area contributed by atoms with Crippen molar-refractivity contribution in [2.45, 2.75) is 27.1 Å². The number of ether oxygens (including phenoxy) is 2. The second-order valence-electron chi connectivity index (χ2n) is 4.68. The molecule has 112 valence electrons. The van der Waals surface area contributed by atoms with E-state index in [1.807, 2.05) is 44.2 Å². The molecular formula is C16H21N3O2. The molecule has 0 unspecified atom stereocenters. The Bertz CT molecular complexity index is 570. The number of aromatic nitrogens is 2. The molecule has 2 rings (SSSR count). The Hall–Kier alpha value is -2.14. The van der Waals surface area contributed by atoms with E-state index in [4.69, 9.17) is 9.47 Å². The van der Waals surface area contributed by atoms with Gasteiger partial charge in [0, 0.05) is 18.3 Å². The molecule has 1 aromatic heterocycles. The van der Waals surface area contributed by atoms with Crippen LogP contribution in [0.5, 0.6) is 5.75 Å². The van der Waals surface area contributed by atoms with Crippen LogP contribution in [0, 0.1) is 6.92 Å². The minimum atomic E-state index is 0.395. The van der Waals surface area contributed by atoms with Crippen molar-refractivity contribution in [3.8, 4) is 5.75 Å². The molecule has 5 heteroatoms. The molecule has 0 radical (unpaired) electrons. The fourth-order valence-electron chi connectivity index (χ4n) is 1.95. The molecule has 0 aliphatic rings. The van der Waals surface area contributed by atoms with Gasteiger partial charge in [-0.15, -0.1) is 0 Å². The van der Waals surface area contributed by atoms with Crippen LogP contribution in [0.4, 0.5) is 5.82 Å². The predicted molar refractivity (Wildman–Crippen MR) is 82.4 cm³/mol. The van der Waals surface area contributed by atoms with Crippen molar-refractivity contribution in [1.82, 2.24) is 9.97 Å². The standard InChI is InChI=1S/C16H21N3O2/c1-4-17-15-9-12(2)18-16(19-15)11-21-10-13-5-7-14(20-3)8-6-13/h5-9H,4,10-11H2,1-3H3,(H,17,18,19). The van der Waals surface area contributed by atoms with E-state index < -0.39 is 0 Å². The number of aryl methyl sites for hydroxylation is 1. The van der Waals surface area contributed by atoms with E-state index in [0.29, 0.717) is 19.0 Å². The van der Waals surface area contributed by atoms with Gasteiger partial charge in [-0.05, 0) is 31.5 Å². The number of hydrogen-bond acceptors (Lipinski definition) is 5. The Kier molecular flexibility index (Phi) is 5.51. The van der Waals surface area contributed by atoms with Gasteiger partial charge in [-0.25, -0.2) is 9.97 Å². The highest BCUT2D eigenvalue weighted by Crippen LogP contribution is 2.13.